The zero-order valence-corrected chi connectivity index (χ0v) is 12.8. The Kier molecular flexibility index (Phi) is 4.23. The van der Waals surface area contributed by atoms with E-state index in [0.29, 0.717) is 11.1 Å². The Hall–Kier alpha value is -1.68. The number of nitrogens with zero attached hydrogens (tertiary/aromatic N) is 1. The van der Waals surface area contributed by atoms with Crippen molar-refractivity contribution in [3.63, 3.8) is 0 Å². The molecular weight excluding hydrogens is 292 g/mol. The number of nitriles is 1. The molecule has 0 spiro atoms. The summed E-state index contributed by atoms with van der Waals surface area (Å²) in [5.74, 6) is 0. The summed E-state index contributed by atoms with van der Waals surface area (Å²) < 4.78 is 27.1. The fraction of sp³-hybridized carbons (Fsp3) is 0.214. The first kappa shape index (κ1) is 14.7. The third kappa shape index (κ3) is 3.25. The molecule has 104 valence electrons. The maximum absolute atomic E-state index is 12.3. The van der Waals surface area contributed by atoms with Crippen LogP contribution in [-0.2, 0) is 16.6 Å². The van der Waals surface area contributed by atoms with Gasteiger partial charge in [-0.2, -0.15) is 5.26 Å². The third-order valence-electron chi connectivity index (χ3n) is 2.84. The van der Waals surface area contributed by atoms with Crippen LogP contribution in [-0.4, -0.2) is 8.42 Å². The lowest BCUT2D eigenvalue weighted by Gasteiger charge is -2.08. The molecule has 1 N–H and O–H groups in total. The van der Waals surface area contributed by atoms with Crippen molar-refractivity contribution < 1.29 is 8.42 Å². The van der Waals surface area contributed by atoms with Gasteiger partial charge in [-0.15, -0.1) is 11.3 Å². The van der Waals surface area contributed by atoms with Crippen molar-refractivity contribution >= 4 is 21.4 Å². The molecule has 20 heavy (non-hydrogen) atoms. The number of hydrogen-bond acceptors (Lipinski definition) is 4. The topological polar surface area (TPSA) is 70.0 Å². The lowest BCUT2D eigenvalue weighted by Crippen LogP contribution is -2.23. The fourth-order valence-corrected chi connectivity index (χ4v) is 3.98. The van der Waals surface area contributed by atoms with E-state index in [4.69, 9.17) is 5.26 Å². The number of aryl methyl sites for hydroxylation is 2. The number of hydrogen-bond donors (Lipinski definition) is 1. The predicted molar refractivity (Wildman–Crippen MR) is 79.0 cm³/mol. The van der Waals surface area contributed by atoms with Crippen molar-refractivity contribution in [2.24, 2.45) is 0 Å². The van der Waals surface area contributed by atoms with E-state index in [1.54, 1.807) is 30.4 Å². The normalized spacial score (nSPS) is 11.2. The highest BCUT2D eigenvalue weighted by Gasteiger charge is 2.17. The average Bonchev–Trinajstić information content (AvgIpc) is 2.83. The van der Waals surface area contributed by atoms with Crippen LogP contribution in [0.25, 0.3) is 0 Å². The van der Waals surface area contributed by atoms with Crippen molar-refractivity contribution in [2.75, 3.05) is 0 Å². The summed E-state index contributed by atoms with van der Waals surface area (Å²) in [5, 5.41) is 8.87. The number of sulfonamides is 1. The highest BCUT2D eigenvalue weighted by atomic mass is 32.2. The van der Waals surface area contributed by atoms with Crippen LogP contribution in [0.3, 0.4) is 0 Å². The van der Waals surface area contributed by atoms with Gasteiger partial charge in [0.2, 0.25) is 10.0 Å². The molecule has 1 aromatic carbocycles. The second-order valence-electron chi connectivity index (χ2n) is 4.43. The minimum atomic E-state index is -3.61. The standard InChI is InChI=1S/C14H14N2O2S2/c1-10-3-5-12(8-15)7-14(10)20(17,18)16-9-13-6-4-11(2)19-13/h3-7,16H,9H2,1-2H3. The molecule has 2 rings (SSSR count). The Bertz CT molecular complexity index is 771. The van der Waals surface area contributed by atoms with Gasteiger partial charge in [-0.1, -0.05) is 6.07 Å². The van der Waals surface area contributed by atoms with Gasteiger partial charge in [-0.25, -0.2) is 13.1 Å². The largest absolute Gasteiger partial charge is 0.241 e. The van der Waals surface area contributed by atoms with Gasteiger partial charge < -0.3 is 0 Å². The lowest BCUT2D eigenvalue weighted by molar-refractivity contribution is 0.581. The van der Waals surface area contributed by atoms with Crippen LogP contribution in [0.15, 0.2) is 35.2 Å². The van der Waals surface area contributed by atoms with Gasteiger partial charge in [-0.3, -0.25) is 0 Å². The molecule has 4 nitrogen and oxygen atoms in total. The number of rotatable bonds is 4. The summed E-state index contributed by atoms with van der Waals surface area (Å²) in [6.07, 6.45) is 0. The van der Waals surface area contributed by atoms with E-state index in [9.17, 15) is 8.42 Å². The molecule has 0 aliphatic carbocycles. The van der Waals surface area contributed by atoms with Crippen molar-refractivity contribution in [3.8, 4) is 6.07 Å². The van der Waals surface area contributed by atoms with Crippen molar-refractivity contribution in [1.82, 2.24) is 4.72 Å². The van der Waals surface area contributed by atoms with E-state index in [1.165, 1.54) is 6.07 Å². The van der Waals surface area contributed by atoms with Crippen molar-refractivity contribution in [2.45, 2.75) is 25.3 Å². The fourth-order valence-electron chi connectivity index (χ4n) is 1.78. The van der Waals surface area contributed by atoms with E-state index in [0.717, 1.165) is 9.75 Å². The van der Waals surface area contributed by atoms with Gasteiger partial charge in [0.25, 0.3) is 0 Å². The lowest BCUT2D eigenvalue weighted by atomic mass is 10.2. The van der Waals surface area contributed by atoms with Crippen LogP contribution >= 0.6 is 11.3 Å². The van der Waals surface area contributed by atoms with Crippen molar-refractivity contribution in [1.29, 1.82) is 5.26 Å². The molecular formula is C14H14N2O2S2. The van der Waals surface area contributed by atoms with Gasteiger partial charge >= 0.3 is 0 Å². The van der Waals surface area contributed by atoms with E-state index >= 15 is 0 Å². The monoisotopic (exact) mass is 306 g/mol. The SMILES string of the molecule is Cc1ccc(CNS(=O)(=O)c2cc(C#N)ccc2C)s1. The molecule has 0 amide bonds. The predicted octanol–water partition coefficient (Wildman–Crippen LogP) is 2.72. The summed E-state index contributed by atoms with van der Waals surface area (Å²) in [7, 11) is -3.61. The molecule has 2 aromatic rings. The maximum atomic E-state index is 12.3. The maximum Gasteiger partial charge on any atom is 0.241 e. The van der Waals surface area contributed by atoms with E-state index in [1.807, 2.05) is 25.1 Å². The molecule has 0 saturated carbocycles. The van der Waals surface area contributed by atoms with Gasteiger partial charge in [0.15, 0.2) is 0 Å². The van der Waals surface area contributed by atoms with Crippen LogP contribution < -0.4 is 4.72 Å². The van der Waals surface area contributed by atoms with E-state index in [2.05, 4.69) is 4.72 Å². The molecule has 0 bridgehead atoms. The molecule has 0 unspecified atom stereocenters. The Balaban J connectivity index is 2.24. The Labute approximate surface area is 122 Å². The van der Waals surface area contributed by atoms with Gasteiger partial charge in [-0.05, 0) is 43.7 Å². The Morgan fingerprint density at radius 3 is 2.60 bits per heavy atom. The summed E-state index contributed by atoms with van der Waals surface area (Å²) in [5.41, 5.74) is 0.960. The first-order chi connectivity index (χ1) is 9.42. The van der Waals surface area contributed by atoms with Gasteiger partial charge in [0, 0.05) is 16.3 Å². The molecule has 1 heterocycles. The van der Waals surface area contributed by atoms with E-state index in [-0.39, 0.29) is 11.4 Å². The first-order valence-electron chi connectivity index (χ1n) is 5.98. The van der Waals surface area contributed by atoms with Crippen LogP contribution in [0.1, 0.15) is 20.9 Å². The molecule has 6 heteroatoms. The van der Waals surface area contributed by atoms with E-state index < -0.39 is 10.0 Å². The number of nitrogens with one attached hydrogen (secondary N) is 1. The van der Waals surface area contributed by atoms with Gasteiger partial charge in [0.05, 0.1) is 16.5 Å². The van der Waals surface area contributed by atoms with Crippen molar-refractivity contribution in [3.05, 3.63) is 51.2 Å². The minimum absolute atomic E-state index is 0.157. The summed E-state index contributed by atoms with van der Waals surface area (Å²) >= 11 is 1.56. The highest BCUT2D eigenvalue weighted by Crippen LogP contribution is 2.19. The second-order valence-corrected chi connectivity index (χ2v) is 7.54. The molecule has 0 aliphatic rings. The molecule has 0 fully saturated rings. The molecule has 0 saturated heterocycles. The minimum Gasteiger partial charge on any atom is -0.207 e. The highest BCUT2D eigenvalue weighted by molar-refractivity contribution is 7.89. The summed E-state index contributed by atoms with van der Waals surface area (Å²) in [6.45, 7) is 3.95. The molecule has 1 aromatic heterocycles. The van der Waals surface area contributed by atoms with Crippen LogP contribution in [0, 0.1) is 25.2 Å². The van der Waals surface area contributed by atoms with Crippen LogP contribution in [0.5, 0.6) is 0 Å². The molecule has 0 aliphatic heterocycles. The van der Waals surface area contributed by atoms with Crippen LogP contribution in [0.2, 0.25) is 0 Å². The van der Waals surface area contributed by atoms with Crippen LogP contribution in [0.4, 0.5) is 0 Å². The summed E-state index contributed by atoms with van der Waals surface area (Å²) in [6, 6.07) is 10.5. The smallest absolute Gasteiger partial charge is 0.207 e. The zero-order valence-electron chi connectivity index (χ0n) is 11.2. The average molecular weight is 306 g/mol. The number of thiophene rings is 1. The Morgan fingerprint density at radius 1 is 1.25 bits per heavy atom. The second kappa shape index (κ2) is 5.75. The molecule has 0 radical (unpaired) electrons. The number of benzene rings is 1. The Morgan fingerprint density at radius 2 is 2.00 bits per heavy atom. The first-order valence-corrected chi connectivity index (χ1v) is 8.28. The molecule has 0 atom stereocenters. The van der Waals surface area contributed by atoms with Gasteiger partial charge in [0.1, 0.15) is 0 Å². The quantitative estimate of drug-likeness (QED) is 0.944. The zero-order chi connectivity index (χ0) is 14.8. The summed E-state index contributed by atoms with van der Waals surface area (Å²) in [4.78, 5) is 2.26. The third-order valence-corrected chi connectivity index (χ3v) is 5.38.